The normalized spacial score (nSPS) is 16.7. The third-order valence-electron chi connectivity index (χ3n) is 4.51. The van der Waals surface area contributed by atoms with Crippen molar-refractivity contribution in [3.63, 3.8) is 0 Å². The molecule has 1 fully saturated rings. The SMILES string of the molecule is Cc1nc(NC(=O)N[C@@H](c2nc(C(C)C)no2)C2CCOCC2)oc1C. The van der Waals surface area contributed by atoms with Crippen molar-refractivity contribution < 1.29 is 18.5 Å². The molecule has 3 heterocycles. The molecule has 9 nitrogen and oxygen atoms in total. The number of carbonyl (C=O) groups excluding carboxylic acids is 1. The maximum Gasteiger partial charge on any atom is 0.323 e. The topological polar surface area (TPSA) is 115 Å². The molecule has 0 bridgehead atoms. The van der Waals surface area contributed by atoms with Crippen molar-refractivity contribution >= 4 is 12.0 Å². The molecule has 0 aromatic carbocycles. The van der Waals surface area contributed by atoms with E-state index >= 15 is 0 Å². The summed E-state index contributed by atoms with van der Waals surface area (Å²) >= 11 is 0. The zero-order valence-corrected chi connectivity index (χ0v) is 15.5. The Morgan fingerprint density at radius 3 is 2.50 bits per heavy atom. The van der Waals surface area contributed by atoms with Crippen LogP contribution in [0.25, 0.3) is 0 Å². The van der Waals surface area contributed by atoms with E-state index in [0.717, 1.165) is 18.5 Å². The van der Waals surface area contributed by atoms with Gasteiger partial charge in [0, 0.05) is 19.1 Å². The van der Waals surface area contributed by atoms with Crippen LogP contribution in [-0.4, -0.2) is 34.4 Å². The van der Waals surface area contributed by atoms with Crippen molar-refractivity contribution in [3.05, 3.63) is 23.2 Å². The molecule has 1 aliphatic rings. The van der Waals surface area contributed by atoms with Gasteiger partial charge in [0.05, 0.1) is 5.69 Å². The fourth-order valence-corrected chi connectivity index (χ4v) is 2.84. The molecule has 142 valence electrons. The lowest BCUT2D eigenvalue weighted by molar-refractivity contribution is 0.0506. The first-order chi connectivity index (χ1) is 12.4. The quantitative estimate of drug-likeness (QED) is 0.838. The number of hydrogen-bond acceptors (Lipinski definition) is 7. The third kappa shape index (κ3) is 4.21. The van der Waals surface area contributed by atoms with Gasteiger partial charge in [-0.2, -0.15) is 9.97 Å². The zero-order valence-electron chi connectivity index (χ0n) is 15.5. The smallest absolute Gasteiger partial charge is 0.323 e. The number of oxazole rings is 1. The van der Waals surface area contributed by atoms with Gasteiger partial charge < -0.3 is 19.0 Å². The Balaban J connectivity index is 1.74. The number of hydrogen-bond donors (Lipinski definition) is 2. The first kappa shape index (κ1) is 18.4. The Bertz CT molecular complexity index is 729. The molecule has 26 heavy (non-hydrogen) atoms. The van der Waals surface area contributed by atoms with Crippen LogP contribution in [-0.2, 0) is 4.74 Å². The number of urea groups is 1. The number of rotatable bonds is 5. The molecule has 2 N–H and O–H groups in total. The van der Waals surface area contributed by atoms with Crippen molar-refractivity contribution in [2.75, 3.05) is 18.5 Å². The van der Waals surface area contributed by atoms with Crippen LogP contribution in [0.1, 0.15) is 61.8 Å². The van der Waals surface area contributed by atoms with Gasteiger partial charge in [0.15, 0.2) is 5.82 Å². The predicted octanol–water partition coefficient (Wildman–Crippen LogP) is 3.09. The Hall–Kier alpha value is -2.42. The van der Waals surface area contributed by atoms with E-state index in [1.54, 1.807) is 6.92 Å². The van der Waals surface area contributed by atoms with Crippen LogP contribution in [0.5, 0.6) is 0 Å². The molecule has 0 unspecified atom stereocenters. The molecule has 1 aliphatic heterocycles. The summed E-state index contributed by atoms with van der Waals surface area (Å²) in [6.07, 6.45) is 1.61. The van der Waals surface area contributed by atoms with E-state index in [-0.39, 0.29) is 17.9 Å². The maximum atomic E-state index is 12.5. The number of nitrogens with one attached hydrogen (secondary N) is 2. The van der Waals surface area contributed by atoms with Crippen molar-refractivity contribution in [1.82, 2.24) is 20.4 Å². The Labute approximate surface area is 151 Å². The number of anilines is 1. The molecule has 1 atom stereocenters. The second kappa shape index (κ2) is 7.86. The third-order valence-corrected chi connectivity index (χ3v) is 4.51. The second-order valence-corrected chi connectivity index (χ2v) is 6.83. The van der Waals surface area contributed by atoms with Crippen molar-refractivity contribution in [1.29, 1.82) is 0 Å². The highest BCUT2D eigenvalue weighted by Gasteiger charge is 2.32. The largest absolute Gasteiger partial charge is 0.428 e. The summed E-state index contributed by atoms with van der Waals surface area (Å²) in [5, 5.41) is 9.57. The summed E-state index contributed by atoms with van der Waals surface area (Å²) in [5.41, 5.74) is 0.736. The highest BCUT2D eigenvalue weighted by atomic mass is 16.5. The summed E-state index contributed by atoms with van der Waals surface area (Å²) in [6, 6.07) is -0.653. The van der Waals surface area contributed by atoms with Crippen LogP contribution in [0.4, 0.5) is 10.8 Å². The molecule has 2 aromatic rings. The molecule has 2 amide bonds. The zero-order chi connectivity index (χ0) is 18.7. The maximum absolute atomic E-state index is 12.5. The van der Waals surface area contributed by atoms with Crippen LogP contribution >= 0.6 is 0 Å². The highest BCUT2D eigenvalue weighted by Crippen LogP contribution is 2.30. The molecule has 0 saturated carbocycles. The van der Waals surface area contributed by atoms with Gasteiger partial charge in [-0.3, -0.25) is 5.32 Å². The van der Waals surface area contributed by atoms with Gasteiger partial charge in [0.2, 0.25) is 5.89 Å². The molecule has 3 rings (SSSR count). The van der Waals surface area contributed by atoms with E-state index in [9.17, 15) is 4.79 Å². The van der Waals surface area contributed by atoms with E-state index in [0.29, 0.717) is 30.7 Å². The molecular weight excluding hydrogens is 338 g/mol. The number of carbonyl (C=O) groups is 1. The van der Waals surface area contributed by atoms with Gasteiger partial charge in [0.1, 0.15) is 11.8 Å². The van der Waals surface area contributed by atoms with E-state index in [2.05, 4.69) is 25.8 Å². The number of aryl methyl sites for hydroxylation is 2. The summed E-state index contributed by atoms with van der Waals surface area (Å²) in [6.45, 7) is 8.89. The minimum Gasteiger partial charge on any atom is -0.428 e. The lowest BCUT2D eigenvalue weighted by Gasteiger charge is -2.28. The van der Waals surface area contributed by atoms with Gasteiger partial charge >= 0.3 is 12.0 Å². The van der Waals surface area contributed by atoms with Gasteiger partial charge in [0.25, 0.3) is 0 Å². The van der Waals surface area contributed by atoms with Crippen LogP contribution in [0.2, 0.25) is 0 Å². The first-order valence-corrected chi connectivity index (χ1v) is 8.87. The molecule has 0 spiro atoms. The summed E-state index contributed by atoms with van der Waals surface area (Å²) in [5.74, 6) is 2.01. The van der Waals surface area contributed by atoms with Gasteiger partial charge in [-0.05, 0) is 32.6 Å². The second-order valence-electron chi connectivity index (χ2n) is 6.83. The van der Waals surface area contributed by atoms with Crippen LogP contribution in [0.3, 0.4) is 0 Å². The monoisotopic (exact) mass is 363 g/mol. The number of nitrogens with zero attached hydrogens (tertiary/aromatic N) is 3. The Morgan fingerprint density at radius 1 is 1.19 bits per heavy atom. The van der Waals surface area contributed by atoms with Gasteiger partial charge in [-0.25, -0.2) is 4.79 Å². The fraction of sp³-hybridized carbons (Fsp3) is 0.647. The van der Waals surface area contributed by atoms with Crippen molar-refractivity contribution in [3.8, 4) is 0 Å². The molecule has 0 aliphatic carbocycles. The number of aromatic nitrogens is 3. The lowest BCUT2D eigenvalue weighted by atomic mass is 9.91. The molecule has 9 heteroatoms. The standard InChI is InChI=1S/C17H25N5O4/c1-9(2)14-20-15(26-22-14)13(12-5-7-24-8-6-12)19-16(23)21-17-18-10(3)11(4)25-17/h9,12-13H,5-8H2,1-4H3,(H2,18,19,21,23)/t13-/m1/s1. The average molecular weight is 363 g/mol. The van der Waals surface area contributed by atoms with Gasteiger partial charge in [-0.15, -0.1) is 0 Å². The summed E-state index contributed by atoms with van der Waals surface area (Å²) < 4.78 is 16.3. The number of amides is 2. The minimum absolute atomic E-state index is 0.148. The Kier molecular flexibility index (Phi) is 5.55. The van der Waals surface area contributed by atoms with Crippen molar-refractivity contribution in [2.45, 2.75) is 52.5 Å². The van der Waals surface area contributed by atoms with Crippen LogP contribution in [0.15, 0.2) is 8.94 Å². The molecule has 2 aromatic heterocycles. The van der Waals surface area contributed by atoms with Crippen LogP contribution in [0, 0.1) is 19.8 Å². The fourth-order valence-electron chi connectivity index (χ4n) is 2.84. The average Bonchev–Trinajstić information content (AvgIpc) is 3.21. The van der Waals surface area contributed by atoms with Gasteiger partial charge in [-0.1, -0.05) is 19.0 Å². The predicted molar refractivity (Wildman–Crippen MR) is 92.8 cm³/mol. The lowest BCUT2D eigenvalue weighted by Crippen LogP contribution is -2.38. The molecule has 1 saturated heterocycles. The minimum atomic E-state index is -0.424. The van der Waals surface area contributed by atoms with E-state index < -0.39 is 12.1 Å². The highest BCUT2D eigenvalue weighted by molar-refractivity contribution is 5.87. The van der Waals surface area contributed by atoms with Crippen molar-refractivity contribution in [2.24, 2.45) is 5.92 Å². The van der Waals surface area contributed by atoms with Crippen LogP contribution < -0.4 is 10.6 Å². The molecule has 0 radical (unpaired) electrons. The summed E-state index contributed by atoms with van der Waals surface area (Å²) in [7, 11) is 0. The molecular formula is C17H25N5O4. The van der Waals surface area contributed by atoms with E-state index in [4.69, 9.17) is 13.7 Å². The summed E-state index contributed by atoms with van der Waals surface area (Å²) in [4.78, 5) is 21.1. The number of ether oxygens (including phenoxy) is 1. The Morgan fingerprint density at radius 2 is 1.92 bits per heavy atom. The van der Waals surface area contributed by atoms with E-state index in [1.807, 2.05) is 20.8 Å². The van der Waals surface area contributed by atoms with E-state index in [1.165, 1.54) is 0 Å². The first-order valence-electron chi connectivity index (χ1n) is 8.87.